The topological polar surface area (TPSA) is 84.2 Å². The highest BCUT2D eigenvalue weighted by Crippen LogP contribution is 2.30. The summed E-state index contributed by atoms with van der Waals surface area (Å²) >= 11 is 0. The Labute approximate surface area is 110 Å². The average Bonchev–Trinajstić information content (AvgIpc) is 2.41. The van der Waals surface area contributed by atoms with E-state index in [9.17, 15) is 9.59 Å². The number of nitrogens with two attached hydrogens (primary N) is 1. The molecule has 0 saturated carbocycles. The van der Waals surface area contributed by atoms with E-state index in [0.717, 1.165) is 11.1 Å². The van der Waals surface area contributed by atoms with Gasteiger partial charge in [-0.1, -0.05) is 18.2 Å². The first-order valence-electron chi connectivity index (χ1n) is 5.65. The minimum absolute atomic E-state index is 0.586. The number of hydrogen-bond acceptors (Lipinski definition) is 3. The van der Waals surface area contributed by atoms with Crippen molar-refractivity contribution >= 4 is 29.9 Å². The quantitative estimate of drug-likeness (QED) is 0.565. The normalized spacial score (nSPS) is 9.68. The lowest BCUT2D eigenvalue weighted by Crippen LogP contribution is -1.99. The van der Waals surface area contributed by atoms with E-state index in [-0.39, 0.29) is 0 Å². The first-order valence-corrected chi connectivity index (χ1v) is 5.65. The number of carbonyl (C=O) groups is 2. The molecule has 0 fully saturated rings. The van der Waals surface area contributed by atoms with Crippen molar-refractivity contribution in [3.63, 3.8) is 0 Å². The van der Waals surface area contributed by atoms with Gasteiger partial charge in [-0.15, -0.1) is 0 Å². The Kier molecular flexibility index (Phi) is 3.78. The predicted octanol–water partition coefficient (Wildman–Crippen LogP) is 2.07. The van der Waals surface area contributed by atoms with Gasteiger partial charge in [-0.25, -0.2) is 0 Å². The lowest BCUT2D eigenvalue weighted by Gasteiger charge is -2.11. The minimum atomic E-state index is 0.586. The largest absolute Gasteiger partial charge is 0.399 e. The van der Waals surface area contributed by atoms with E-state index in [0.29, 0.717) is 29.9 Å². The second kappa shape index (κ2) is 5.68. The van der Waals surface area contributed by atoms with Crippen molar-refractivity contribution in [2.45, 2.75) is 0 Å². The van der Waals surface area contributed by atoms with Gasteiger partial charge in [-0.05, 0) is 29.8 Å². The van der Waals surface area contributed by atoms with Gasteiger partial charge >= 0.3 is 0 Å². The molecule has 2 aromatic rings. The SMILES string of the molecule is Nc1ccc(-c2ccc(NC=O)cc2NC=O)cc1. The van der Waals surface area contributed by atoms with Crippen LogP contribution in [0.15, 0.2) is 42.5 Å². The third-order valence-corrected chi connectivity index (χ3v) is 2.68. The number of carbonyl (C=O) groups excluding carboxylic acids is 2. The summed E-state index contributed by atoms with van der Waals surface area (Å²) in [7, 11) is 0. The second-order valence-electron chi connectivity index (χ2n) is 3.91. The van der Waals surface area contributed by atoms with Crippen molar-refractivity contribution in [1.29, 1.82) is 0 Å². The number of benzene rings is 2. The number of hydrogen-bond donors (Lipinski definition) is 3. The zero-order valence-electron chi connectivity index (χ0n) is 10.1. The van der Waals surface area contributed by atoms with Crippen LogP contribution in [0.2, 0.25) is 0 Å². The van der Waals surface area contributed by atoms with E-state index < -0.39 is 0 Å². The van der Waals surface area contributed by atoms with Gasteiger partial charge < -0.3 is 16.4 Å². The Morgan fingerprint density at radius 1 is 0.895 bits per heavy atom. The molecule has 5 nitrogen and oxygen atoms in total. The molecule has 5 heteroatoms. The van der Waals surface area contributed by atoms with Gasteiger partial charge in [0.1, 0.15) is 0 Å². The fourth-order valence-corrected chi connectivity index (χ4v) is 1.80. The highest BCUT2D eigenvalue weighted by molar-refractivity contribution is 5.88. The summed E-state index contributed by atoms with van der Waals surface area (Å²) in [5.41, 5.74) is 9.32. The van der Waals surface area contributed by atoms with Crippen molar-refractivity contribution in [3.05, 3.63) is 42.5 Å². The van der Waals surface area contributed by atoms with Crippen molar-refractivity contribution in [2.75, 3.05) is 16.4 Å². The van der Waals surface area contributed by atoms with Crippen LogP contribution in [-0.2, 0) is 9.59 Å². The maximum atomic E-state index is 10.7. The first kappa shape index (κ1) is 12.6. The van der Waals surface area contributed by atoms with Gasteiger partial charge in [0, 0.05) is 16.9 Å². The summed E-state index contributed by atoms with van der Waals surface area (Å²) in [6, 6.07) is 12.6. The van der Waals surface area contributed by atoms with Crippen LogP contribution in [0.3, 0.4) is 0 Å². The Bertz CT molecular complexity index is 594. The summed E-state index contributed by atoms with van der Waals surface area (Å²) < 4.78 is 0. The molecule has 0 spiro atoms. The number of anilines is 3. The van der Waals surface area contributed by atoms with E-state index in [4.69, 9.17) is 5.73 Å². The lowest BCUT2D eigenvalue weighted by molar-refractivity contribution is -0.106. The van der Waals surface area contributed by atoms with E-state index in [1.165, 1.54) is 0 Å². The van der Waals surface area contributed by atoms with Crippen molar-refractivity contribution in [2.24, 2.45) is 0 Å². The molecule has 4 N–H and O–H groups in total. The summed E-state index contributed by atoms with van der Waals surface area (Å²) in [5, 5.41) is 5.16. The van der Waals surface area contributed by atoms with Crippen molar-refractivity contribution in [3.8, 4) is 11.1 Å². The van der Waals surface area contributed by atoms with E-state index in [1.807, 2.05) is 18.2 Å². The van der Waals surface area contributed by atoms with Gasteiger partial charge in [-0.3, -0.25) is 9.59 Å². The van der Waals surface area contributed by atoms with Crippen molar-refractivity contribution in [1.82, 2.24) is 0 Å². The number of amides is 2. The molecular formula is C14H13N3O2. The fraction of sp³-hybridized carbons (Fsp3) is 0. The molecule has 2 rings (SSSR count). The van der Waals surface area contributed by atoms with Crippen LogP contribution < -0.4 is 16.4 Å². The summed E-state index contributed by atoms with van der Waals surface area (Å²) in [6.07, 6.45) is 1.18. The third-order valence-electron chi connectivity index (χ3n) is 2.68. The second-order valence-corrected chi connectivity index (χ2v) is 3.91. The molecule has 0 radical (unpaired) electrons. The molecule has 0 heterocycles. The van der Waals surface area contributed by atoms with Crippen molar-refractivity contribution < 1.29 is 9.59 Å². The molecule has 2 amide bonds. The van der Waals surface area contributed by atoms with Gasteiger partial charge in [0.2, 0.25) is 12.8 Å². The van der Waals surface area contributed by atoms with Gasteiger partial charge in [0.15, 0.2) is 0 Å². The molecular weight excluding hydrogens is 242 g/mol. The predicted molar refractivity (Wildman–Crippen MR) is 75.7 cm³/mol. The molecule has 0 atom stereocenters. The molecule has 19 heavy (non-hydrogen) atoms. The Morgan fingerprint density at radius 3 is 2.21 bits per heavy atom. The first-order chi connectivity index (χ1) is 9.24. The van der Waals surface area contributed by atoms with Crippen LogP contribution in [0.1, 0.15) is 0 Å². The molecule has 0 aliphatic heterocycles. The van der Waals surface area contributed by atoms with Crippen LogP contribution in [0.4, 0.5) is 17.1 Å². The van der Waals surface area contributed by atoms with Crippen LogP contribution in [0.5, 0.6) is 0 Å². The number of nitrogen functional groups attached to an aromatic ring is 1. The molecule has 0 saturated heterocycles. The number of nitrogens with one attached hydrogen (secondary N) is 2. The standard InChI is InChI=1S/C14H13N3O2/c15-11-3-1-10(2-4-11)13-6-5-12(16-8-18)7-14(13)17-9-19/h1-9H,15H2,(H,16,18)(H,17,19). The highest BCUT2D eigenvalue weighted by atomic mass is 16.1. The van der Waals surface area contributed by atoms with E-state index >= 15 is 0 Å². The summed E-state index contributed by atoms with van der Waals surface area (Å²) in [4.78, 5) is 21.1. The molecule has 0 bridgehead atoms. The van der Waals surface area contributed by atoms with Gasteiger partial charge in [-0.2, -0.15) is 0 Å². The Hall–Kier alpha value is -2.82. The van der Waals surface area contributed by atoms with Crippen LogP contribution in [0.25, 0.3) is 11.1 Å². The molecule has 0 aliphatic rings. The molecule has 0 unspecified atom stereocenters. The van der Waals surface area contributed by atoms with Crippen LogP contribution in [-0.4, -0.2) is 12.8 Å². The fourth-order valence-electron chi connectivity index (χ4n) is 1.80. The minimum Gasteiger partial charge on any atom is -0.399 e. The maximum Gasteiger partial charge on any atom is 0.211 e. The monoisotopic (exact) mass is 255 g/mol. The lowest BCUT2D eigenvalue weighted by atomic mass is 10.0. The molecule has 0 aromatic heterocycles. The van der Waals surface area contributed by atoms with Crippen LogP contribution in [0, 0.1) is 0 Å². The maximum absolute atomic E-state index is 10.7. The smallest absolute Gasteiger partial charge is 0.211 e. The third kappa shape index (κ3) is 2.90. The Morgan fingerprint density at radius 2 is 1.58 bits per heavy atom. The van der Waals surface area contributed by atoms with Gasteiger partial charge in [0.25, 0.3) is 0 Å². The average molecular weight is 255 g/mol. The summed E-state index contributed by atoms with van der Waals surface area (Å²) in [5.74, 6) is 0. The van der Waals surface area contributed by atoms with Gasteiger partial charge in [0.05, 0.1) is 5.69 Å². The Balaban J connectivity index is 2.46. The zero-order chi connectivity index (χ0) is 13.7. The molecule has 2 aromatic carbocycles. The van der Waals surface area contributed by atoms with Crippen LogP contribution >= 0.6 is 0 Å². The highest BCUT2D eigenvalue weighted by Gasteiger charge is 2.06. The molecule has 0 aliphatic carbocycles. The van der Waals surface area contributed by atoms with E-state index in [1.54, 1.807) is 24.3 Å². The molecule has 96 valence electrons. The number of rotatable bonds is 5. The summed E-state index contributed by atoms with van der Waals surface area (Å²) in [6.45, 7) is 0. The van der Waals surface area contributed by atoms with E-state index in [2.05, 4.69) is 10.6 Å². The zero-order valence-corrected chi connectivity index (χ0v) is 10.1.